The summed E-state index contributed by atoms with van der Waals surface area (Å²) in [5, 5.41) is 7.06. The molecule has 0 atom stereocenters. The van der Waals surface area contributed by atoms with E-state index in [0.717, 1.165) is 56.5 Å². The summed E-state index contributed by atoms with van der Waals surface area (Å²) in [5.74, 6) is 0.0783. The monoisotopic (exact) mass is 386 g/mol. The number of anilines is 4. The van der Waals surface area contributed by atoms with Crippen LogP contribution in [0.25, 0.3) is 0 Å². The number of carbonyl (C=O) groups is 1. The Balaban J connectivity index is 1.62. The van der Waals surface area contributed by atoms with Crippen LogP contribution in [0.4, 0.5) is 22.9 Å². The van der Waals surface area contributed by atoms with Gasteiger partial charge in [-0.2, -0.15) is 5.10 Å². The second kappa shape index (κ2) is 8.07. The summed E-state index contributed by atoms with van der Waals surface area (Å²) in [4.78, 5) is 17.3. The van der Waals surface area contributed by atoms with Crippen LogP contribution in [0, 0.1) is 0 Å². The minimum atomic E-state index is -0.265. The minimum Gasteiger partial charge on any atom is -0.383 e. The number of nitrogens with two attached hydrogens (primary N) is 1. The Kier molecular flexibility index (Phi) is 5.36. The van der Waals surface area contributed by atoms with Gasteiger partial charge >= 0.3 is 0 Å². The van der Waals surface area contributed by atoms with E-state index in [1.54, 1.807) is 7.05 Å². The summed E-state index contributed by atoms with van der Waals surface area (Å²) in [6, 6.07) is 6.14. The molecular formula is C19H26N6O3. The van der Waals surface area contributed by atoms with Gasteiger partial charge in [-0.1, -0.05) is 0 Å². The van der Waals surface area contributed by atoms with Crippen molar-refractivity contribution >= 4 is 28.8 Å². The molecule has 2 saturated heterocycles. The van der Waals surface area contributed by atoms with Crippen molar-refractivity contribution in [1.82, 2.24) is 9.78 Å². The van der Waals surface area contributed by atoms with Crippen molar-refractivity contribution in [3.05, 3.63) is 30.0 Å². The first kappa shape index (κ1) is 18.6. The lowest BCUT2D eigenvalue weighted by molar-refractivity contribution is 0.102. The van der Waals surface area contributed by atoms with Gasteiger partial charge in [-0.05, 0) is 18.2 Å². The molecule has 9 heteroatoms. The maximum atomic E-state index is 12.8. The molecule has 28 heavy (non-hydrogen) atoms. The van der Waals surface area contributed by atoms with Crippen molar-refractivity contribution < 1.29 is 14.3 Å². The maximum Gasteiger partial charge on any atom is 0.261 e. The molecule has 0 unspecified atom stereocenters. The summed E-state index contributed by atoms with van der Waals surface area (Å²) in [5.41, 5.74) is 9.20. The van der Waals surface area contributed by atoms with Crippen LogP contribution in [-0.4, -0.2) is 68.3 Å². The second-order valence-electron chi connectivity index (χ2n) is 6.92. The van der Waals surface area contributed by atoms with Gasteiger partial charge in [0.1, 0.15) is 11.4 Å². The van der Waals surface area contributed by atoms with Crippen LogP contribution in [0.3, 0.4) is 0 Å². The summed E-state index contributed by atoms with van der Waals surface area (Å²) < 4.78 is 12.4. The predicted octanol–water partition coefficient (Wildman–Crippen LogP) is 0.928. The Morgan fingerprint density at radius 3 is 2.32 bits per heavy atom. The van der Waals surface area contributed by atoms with Crippen LogP contribution in [0.2, 0.25) is 0 Å². The third-order valence-corrected chi connectivity index (χ3v) is 5.19. The molecule has 2 fully saturated rings. The first-order valence-electron chi connectivity index (χ1n) is 9.52. The molecule has 1 aromatic heterocycles. The van der Waals surface area contributed by atoms with E-state index in [1.807, 2.05) is 12.1 Å². The number of amides is 1. The topological polar surface area (TPSA) is 97.9 Å². The molecule has 0 radical (unpaired) electrons. The molecule has 0 aliphatic carbocycles. The average molecular weight is 386 g/mol. The Morgan fingerprint density at radius 2 is 1.71 bits per heavy atom. The van der Waals surface area contributed by atoms with Gasteiger partial charge < -0.3 is 30.3 Å². The van der Waals surface area contributed by atoms with E-state index < -0.39 is 0 Å². The average Bonchev–Trinajstić information content (AvgIpc) is 3.08. The molecule has 2 aliphatic heterocycles. The van der Waals surface area contributed by atoms with E-state index in [-0.39, 0.29) is 5.91 Å². The lowest BCUT2D eigenvalue weighted by atomic mass is 10.1. The smallest absolute Gasteiger partial charge is 0.261 e. The molecular weight excluding hydrogens is 360 g/mol. The van der Waals surface area contributed by atoms with Gasteiger partial charge in [0.15, 0.2) is 0 Å². The summed E-state index contributed by atoms with van der Waals surface area (Å²) >= 11 is 0. The van der Waals surface area contributed by atoms with Crippen molar-refractivity contribution in [2.45, 2.75) is 0 Å². The van der Waals surface area contributed by atoms with E-state index in [1.165, 1.54) is 10.9 Å². The molecule has 3 heterocycles. The van der Waals surface area contributed by atoms with Crippen molar-refractivity contribution in [2.75, 3.05) is 73.5 Å². The molecule has 9 nitrogen and oxygen atoms in total. The van der Waals surface area contributed by atoms with Crippen LogP contribution in [0.1, 0.15) is 10.4 Å². The Bertz CT molecular complexity index is 840. The summed E-state index contributed by atoms with van der Waals surface area (Å²) in [6.07, 6.45) is 1.49. The molecule has 2 aliphatic rings. The fourth-order valence-corrected chi connectivity index (χ4v) is 3.52. The van der Waals surface area contributed by atoms with Crippen LogP contribution in [0.15, 0.2) is 24.4 Å². The zero-order chi connectivity index (χ0) is 19.5. The van der Waals surface area contributed by atoms with Gasteiger partial charge in [0.25, 0.3) is 5.91 Å². The highest BCUT2D eigenvalue weighted by Crippen LogP contribution is 2.32. The standard InChI is InChI=1S/C19H26N6O3/c1-23-18(20)15(13-21-23)19(26)22-16-3-2-14(24-4-8-27-9-5-24)12-17(16)25-6-10-28-11-7-25/h2-3,12-13H,4-11,20H2,1H3,(H,22,26). The maximum absolute atomic E-state index is 12.8. The molecule has 1 aromatic carbocycles. The third-order valence-electron chi connectivity index (χ3n) is 5.19. The highest BCUT2D eigenvalue weighted by molar-refractivity contribution is 6.08. The number of nitrogens with one attached hydrogen (secondary N) is 1. The molecule has 0 spiro atoms. The van der Waals surface area contributed by atoms with Gasteiger partial charge in [0.05, 0.1) is 44.0 Å². The summed E-state index contributed by atoms with van der Waals surface area (Å²) in [7, 11) is 1.71. The lowest BCUT2D eigenvalue weighted by Crippen LogP contribution is -2.38. The van der Waals surface area contributed by atoms with Crippen LogP contribution >= 0.6 is 0 Å². The highest BCUT2D eigenvalue weighted by atomic mass is 16.5. The number of benzene rings is 1. The van der Waals surface area contributed by atoms with Crippen molar-refractivity contribution in [3.63, 3.8) is 0 Å². The lowest BCUT2D eigenvalue weighted by Gasteiger charge is -2.33. The van der Waals surface area contributed by atoms with E-state index in [2.05, 4.69) is 26.3 Å². The van der Waals surface area contributed by atoms with E-state index in [9.17, 15) is 4.79 Å². The number of aromatic nitrogens is 2. The number of morpholine rings is 2. The zero-order valence-corrected chi connectivity index (χ0v) is 16.1. The summed E-state index contributed by atoms with van der Waals surface area (Å²) in [6.45, 7) is 6.09. The van der Waals surface area contributed by atoms with Crippen LogP contribution in [0.5, 0.6) is 0 Å². The molecule has 4 rings (SSSR count). The quantitative estimate of drug-likeness (QED) is 0.807. The van der Waals surface area contributed by atoms with E-state index in [0.29, 0.717) is 24.6 Å². The third kappa shape index (κ3) is 3.76. The highest BCUT2D eigenvalue weighted by Gasteiger charge is 2.21. The van der Waals surface area contributed by atoms with E-state index in [4.69, 9.17) is 15.2 Å². The number of aryl methyl sites for hydroxylation is 1. The number of nitrogens with zero attached hydrogens (tertiary/aromatic N) is 4. The van der Waals surface area contributed by atoms with E-state index >= 15 is 0 Å². The number of rotatable bonds is 4. The van der Waals surface area contributed by atoms with Gasteiger partial charge in [-0.25, -0.2) is 0 Å². The SMILES string of the molecule is Cn1ncc(C(=O)Nc2ccc(N3CCOCC3)cc2N2CCOCC2)c1N. The molecule has 3 N–H and O–H groups in total. The number of ether oxygens (including phenoxy) is 2. The van der Waals surface area contributed by atoms with Gasteiger partial charge in [0.2, 0.25) is 0 Å². The molecule has 1 amide bonds. The first-order valence-corrected chi connectivity index (χ1v) is 9.52. The molecule has 2 aromatic rings. The number of hydrogen-bond acceptors (Lipinski definition) is 7. The van der Waals surface area contributed by atoms with Crippen LogP contribution < -0.4 is 20.9 Å². The Morgan fingerprint density at radius 1 is 1.07 bits per heavy atom. The molecule has 150 valence electrons. The van der Waals surface area contributed by atoms with Gasteiger partial charge in [-0.3, -0.25) is 9.48 Å². The van der Waals surface area contributed by atoms with Gasteiger partial charge in [-0.15, -0.1) is 0 Å². The van der Waals surface area contributed by atoms with Gasteiger partial charge in [0, 0.05) is 38.9 Å². The molecule has 0 bridgehead atoms. The minimum absolute atomic E-state index is 0.265. The van der Waals surface area contributed by atoms with Crippen molar-refractivity contribution in [2.24, 2.45) is 7.05 Å². The first-order chi connectivity index (χ1) is 13.6. The number of hydrogen-bond donors (Lipinski definition) is 2. The normalized spacial score (nSPS) is 17.6. The number of carbonyl (C=O) groups excluding carboxylic acids is 1. The fraction of sp³-hybridized carbons (Fsp3) is 0.474. The largest absolute Gasteiger partial charge is 0.383 e. The van der Waals surface area contributed by atoms with Crippen LogP contribution in [-0.2, 0) is 16.5 Å². The fourth-order valence-electron chi connectivity index (χ4n) is 3.52. The number of nitrogen functional groups attached to an aromatic ring is 1. The van der Waals surface area contributed by atoms with Crippen molar-refractivity contribution in [3.8, 4) is 0 Å². The second-order valence-corrected chi connectivity index (χ2v) is 6.92. The Labute approximate surface area is 164 Å². The van der Waals surface area contributed by atoms with Crippen molar-refractivity contribution in [1.29, 1.82) is 0 Å². The Hall–Kier alpha value is -2.78. The predicted molar refractivity (Wildman–Crippen MR) is 108 cm³/mol. The zero-order valence-electron chi connectivity index (χ0n) is 16.1. The molecule has 0 saturated carbocycles.